The predicted octanol–water partition coefficient (Wildman–Crippen LogP) is 3.44. The normalized spacial score (nSPS) is 16.2. The lowest BCUT2D eigenvalue weighted by molar-refractivity contribution is -0.122. The summed E-state index contributed by atoms with van der Waals surface area (Å²) in [6.07, 6.45) is 7.75. The number of carbonyl (C=O) groups excluding carboxylic acids is 1. The second-order valence-electron chi connectivity index (χ2n) is 7.09. The van der Waals surface area contributed by atoms with Crippen LogP contribution in [0.3, 0.4) is 0 Å². The first kappa shape index (κ1) is 17.8. The van der Waals surface area contributed by atoms with Gasteiger partial charge in [0.25, 0.3) is 0 Å². The number of carbonyl (C=O) groups is 1. The zero-order valence-electron chi connectivity index (χ0n) is 15.4. The topological polar surface area (TPSA) is 66.8 Å². The van der Waals surface area contributed by atoms with Gasteiger partial charge < -0.3 is 9.88 Å². The van der Waals surface area contributed by atoms with Crippen LogP contribution in [0.1, 0.15) is 29.1 Å². The molecule has 0 spiro atoms. The summed E-state index contributed by atoms with van der Waals surface area (Å²) >= 11 is 6.46. The molecule has 140 valence electrons. The fourth-order valence-corrected chi connectivity index (χ4v) is 3.94. The van der Waals surface area contributed by atoms with Crippen LogP contribution in [0.15, 0.2) is 36.8 Å². The number of nitrogens with one attached hydrogen (secondary N) is 1. The summed E-state index contributed by atoms with van der Waals surface area (Å²) in [6, 6.07) is 5.75. The monoisotopic (exact) mass is 383 g/mol. The van der Waals surface area contributed by atoms with Crippen molar-refractivity contribution in [3.8, 4) is 0 Å². The van der Waals surface area contributed by atoms with E-state index in [2.05, 4.69) is 15.1 Å². The molecule has 2 aromatic heterocycles. The number of aryl methyl sites for hydroxylation is 3. The average Bonchev–Trinajstić information content (AvgIpc) is 3.31. The lowest BCUT2D eigenvalue weighted by Crippen LogP contribution is -2.39. The van der Waals surface area contributed by atoms with Gasteiger partial charge >= 0.3 is 0 Å². The van der Waals surface area contributed by atoms with Crippen LogP contribution in [0.2, 0.25) is 5.02 Å². The molecule has 0 saturated heterocycles. The smallest absolute Gasteiger partial charge is 0.230 e. The van der Waals surface area contributed by atoms with Gasteiger partial charge in [-0.3, -0.25) is 9.48 Å². The molecule has 1 aliphatic rings. The summed E-state index contributed by atoms with van der Waals surface area (Å²) in [5, 5.41) is 4.90. The third kappa shape index (κ3) is 3.49. The highest BCUT2D eigenvalue weighted by Crippen LogP contribution is 2.32. The highest BCUT2D eigenvalue weighted by atomic mass is 35.5. The molecule has 4 rings (SSSR count). The number of benzene rings is 1. The van der Waals surface area contributed by atoms with Gasteiger partial charge in [-0.1, -0.05) is 17.7 Å². The Kier molecular flexibility index (Phi) is 4.74. The number of anilines is 1. The van der Waals surface area contributed by atoms with Gasteiger partial charge in [-0.25, -0.2) is 4.98 Å². The number of aromatic amines is 1. The summed E-state index contributed by atoms with van der Waals surface area (Å²) in [6.45, 7) is 2.36. The molecule has 0 bridgehead atoms. The molecule has 1 aliphatic carbocycles. The molecular formula is C20H22ClN5O. The van der Waals surface area contributed by atoms with E-state index in [0.717, 1.165) is 35.6 Å². The van der Waals surface area contributed by atoms with Crippen LogP contribution in [0.4, 0.5) is 5.69 Å². The highest BCUT2D eigenvalue weighted by molar-refractivity contribution is 6.33. The zero-order chi connectivity index (χ0) is 19.0. The lowest BCUT2D eigenvalue weighted by Gasteiger charge is -2.30. The van der Waals surface area contributed by atoms with Crippen molar-refractivity contribution in [1.82, 2.24) is 19.7 Å². The van der Waals surface area contributed by atoms with Crippen molar-refractivity contribution in [2.45, 2.75) is 32.7 Å². The molecule has 1 N–H and O–H groups in total. The van der Waals surface area contributed by atoms with E-state index in [1.807, 2.05) is 43.0 Å². The molecule has 1 aromatic carbocycles. The minimum Gasteiger partial charge on any atom is -0.347 e. The van der Waals surface area contributed by atoms with Gasteiger partial charge in [-0.2, -0.15) is 5.10 Å². The predicted molar refractivity (Wildman–Crippen MR) is 105 cm³/mol. The molecule has 7 heteroatoms. The molecule has 3 aromatic rings. The Labute approximate surface area is 163 Å². The van der Waals surface area contributed by atoms with Crippen LogP contribution in [0, 0.1) is 12.8 Å². The first-order chi connectivity index (χ1) is 13.0. The standard InChI is InChI=1S/C20H22ClN5O/c1-13-3-6-16(21)18(9-13)26(12-19-22-7-8-23-19)20(27)14-4-5-15-11-24-25(2)17(15)10-14/h3,6-9,11,14H,4-5,10,12H2,1-2H3,(H,22,23). The number of hydrogen-bond acceptors (Lipinski definition) is 3. The molecule has 2 heterocycles. The number of halogens is 1. The van der Waals surface area contributed by atoms with E-state index in [-0.39, 0.29) is 11.8 Å². The molecule has 6 nitrogen and oxygen atoms in total. The second kappa shape index (κ2) is 7.19. The van der Waals surface area contributed by atoms with E-state index in [0.29, 0.717) is 18.0 Å². The van der Waals surface area contributed by atoms with Crippen molar-refractivity contribution in [3.63, 3.8) is 0 Å². The molecule has 27 heavy (non-hydrogen) atoms. The highest BCUT2D eigenvalue weighted by Gasteiger charge is 2.32. The number of aromatic nitrogens is 4. The Hall–Kier alpha value is -2.60. The molecule has 0 saturated carbocycles. The SMILES string of the molecule is Cc1ccc(Cl)c(N(Cc2ncc[nH]2)C(=O)C2CCc3cnn(C)c3C2)c1. The van der Waals surface area contributed by atoms with Gasteiger partial charge in [-0.15, -0.1) is 0 Å². The minimum atomic E-state index is -0.0977. The number of rotatable bonds is 4. The van der Waals surface area contributed by atoms with Crippen molar-refractivity contribution in [3.05, 3.63) is 64.5 Å². The lowest BCUT2D eigenvalue weighted by atomic mass is 9.87. The third-order valence-electron chi connectivity index (χ3n) is 5.22. The van der Waals surface area contributed by atoms with Crippen molar-refractivity contribution in [2.75, 3.05) is 4.90 Å². The Morgan fingerprint density at radius 2 is 2.30 bits per heavy atom. The van der Waals surface area contributed by atoms with Gasteiger partial charge in [0.2, 0.25) is 5.91 Å². The van der Waals surface area contributed by atoms with Gasteiger partial charge in [0, 0.05) is 37.5 Å². The van der Waals surface area contributed by atoms with Gasteiger partial charge in [0.1, 0.15) is 5.82 Å². The quantitative estimate of drug-likeness (QED) is 0.750. The van der Waals surface area contributed by atoms with E-state index in [1.54, 1.807) is 17.3 Å². The number of fused-ring (bicyclic) bond motifs is 1. The molecular weight excluding hydrogens is 362 g/mol. The second-order valence-corrected chi connectivity index (χ2v) is 7.50. The average molecular weight is 384 g/mol. The first-order valence-electron chi connectivity index (χ1n) is 9.08. The van der Waals surface area contributed by atoms with E-state index in [9.17, 15) is 4.79 Å². The zero-order valence-corrected chi connectivity index (χ0v) is 16.2. The maximum Gasteiger partial charge on any atom is 0.230 e. The van der Waals surface area contributed by atoms with Gasteiger partial charge in [-0.05, 0) is 43.0 Å². The summed E-state index contributed by atoms with van der Waals surface area (Å²) in [5.41, 5.74) is 4.18. The van der Waals surface area contributed by atoms with Crippen molar-refractivity contribution in [1.29, 1.82) is 0 Å². The van der Waals surface area contributed by atoms with E-state index in [1.165, 1.54) is 5.56 Å². The molecule has 0 fully saturated rings. The molecule has 1 atom stereocenters. The number of nitrogens with zero attached hydrogens (tertiary/aromatic N) is 4. The maximum atomic E-state index is 13.5. The summed E-state index contributed by atoms with van der Waals surface area (Å²) in [4.78, 5) is 22.7. The fourth-order valence-electron chi connectivity index (χ4n) is 3.72. The van der Waals surface area contributed by atoms with Crippen LogP contribution in [0.25, 0.3) is 0 Å². The van der Waals surface area contributed by atoms with Crippen LogP contribution >= 0.6 is 11.6 Å². The van der Waals surface area contributed by atoms with Crippen LogP contribution in [-0.2, 0) is 31.2 Å². The minimum absolute atomic E-state index is 0.0748. The van der Waals surface area contributed by atoms with E-state index < -0.39 is 0 Å². The fraction of sp³-hybridized carbons (Fsp3) is 0.350. The van der Waals surface area contributed by atoms with Crippen molar-refractivity contribution < 1.29 is 4.79 Å². The number of H-pyrrole nitrogens is 1. The summed E-state index contributed by atoms with van der Waals surface area (Å²) in [5.74, 6) is 0.711. The van der Waals surface area contributed by atoms with Crippen molar-refractivity contribution in [2.24, 2.45) is 13.0 Å². The Balaban J connectivity index is 1.67. The van der Waals surface area contributed by atoms with Crippen LogP contribution in [0.5, 0.6) is 0 Å². The number of amides is 1. The van der Waals surface area contributed by atoms with Gasteiger partial charge in [0.15, 0.2) is 0 Å². The maximum absolute atomic E-state index is 13.5. The largest absolute Gasteiger partial charge is 0.347 e. The van der Waals surface area contributed by atoms with E-state index in [4.69, 9.17) is 11.6 Å². The third-order valence-corrected chi connectivity index (χ3v) is 5.54. The summed E-state index contributed by atoms with van der Waals surface area (Å²) in [7, 11) is 1.93. The van der Waals surface area contributed by atoms with E-state index >= 15 is 0 Å². The molecule has 0 radical (unpaired) electrons. The molecule has 0 aliphatic heterocycles. The molecule has 1 unspecified atom stereocenters. The number of hydrogen-bond donors (Lipinski definition) is 1. The summed E-state index contributed by atoms with van der Waals surface area (Å²) < 4.78 is 1.88. The number of imidazole rings is 1. The van der Waals surface area contributed by atoms with Crippen LogP contribution < -0.4 is 4.90 Å². The van der Waals surface area contributed by atoms with Gasteiger partial charge in [0.05, 0.1) is 23.5 Å². The van der Waals surface area contributed by atoms with Crippen molar-refractivity contribution >= 4 is 23.2 Å². The Morgan fingerprint density at radius 3 is 3.07 bits per heavy atom. The molecule has 1 amide bonds. The van der Waals surface area contributed by atoms with Crippen LogP contribution in [-0.4, -0.2) is 25.7 Å². The first-order valence-corrected chi connectivity index (χ1v) is 9.46. The Bertz CT molecular complexity index is 963. The Morgan fingerprint density at radius 1 is 1.44 bits per heavy atom.